The quantitative estimate of drug-likeness (QED) is 0.754. The number of nitrogens with zero attached hydrogens (tertiary/aromatic N) is 1. The van der Waals surface area contributed by atoms with Gasteiger partial charge in [0.25, 0.3) is 0 Å². The molecule has 1 aliphatic heterocycles. The SMILES string of the molecule is CCC(=O)Nc1ccc(S(=O)(=O)N2CCS[C@@H](c3ccccc3C)CC2)c(C)c1. The van der Waals surface area contributed by atoms with Crippen molar-refractivity contribution >= 4 is 33.4 Å². The van der Waals surface area contributed by atoms with Gasteiger partial charge in [-0.25, -0.2) is 8.42 Å². The Labute approximate surface area is 177 Å². The van der Waals surface area contributed by atoms with Gasteiger partial charge in [0, 0.05) is 36.2 Å². The fourth-order valence-electron chi connectivity index (χ4n) is 3.59. The monoisotopic (exact) mass is 432 g/mol. The molecule has 0 unspecified atom stereocenters. The second-order valence-electron chi connectivity index (χ2n) is 7.29. The third-order valence-corrected chi connectivity index (χ3v) is 8.60. The third-order valence-electron chi connectivity index (χ3n) is 5.23. The number of hydrogen-bond donors (Lipinski definition) is 1. The first kappa shape index (κ1) is 21.9. The van der Waals surface area contributed by atoms with E-state index in [1.54, 1.807) is 36.4 Å². The second-order valence-corrected chi connectivity index (χ2v) is 10.5. The van der Waals surface area contributed by atoms with E-state index in [0.29, 0.717) is 40.9 Å². The van der Waals surface area contributed by atoms with Crippen LogP contribution in [0.25, 0.3) is 0 Å². The summed E-state index contributed by atoms with van der Waals surface area (Å²) in [6, 6.07) is 13.3. The first-order valence-electron chi connectivity index (χ1n) is 9.90. The molecule has 5 nitrogen and oxygen atoms in total. The Morgan fingerprint density at radius 2 is 1.90 bits per heavy atom. The highest BCUT2D eigenvalue weighted by atomic mass is 32.2. The molecule has 0 aliphatic carbocycles. The second kappa shape index (κ2) is 9.32. The zero-order chi connectivity index (χ0) is 21.0. The first-order valence-corrected chi connectivity index (χ1v) is 12.4. The van der Waals surface area contributed by atoms with Crippen LogP contribution in [0.15, 0.2) is 47.4 Å². The lowest BCUT2D eigenvalue weighted by atomic mass is 10.0. The van der Waals surface area contributed by atoms with Crippen molar-refractivity contribution in [3.05, 3.63) is 59.2 Å². The van der Waals surface area contributed by atoms with Crippen LogP contribution < -0.4 is 5.32 Å². The highest BCUT2D eigenvalue weighted by Crippen LogP contribution is 2.37. The molecule has 0 radical (unpaired) electrons. The van der Waals surface area contributed by atoms with Crippen LogP contribution in [0, 0.1) is 13.8 Å². The summed E-state index contributed by atoms with van der Waals surface area (Å²) in [6.45, 7) is 6.67. The molecule has 1 amide bonds. The van der Waals surface area contributed by atoms with E-state index in [9.17, 15) is 13.2 Å². The first-order chi connectivity index (χ1) is 13.8. The van der Waals surface area contributed by atoms with Gasteiger partial charge in [-0.1, -0.05) is 31.2 Å². The molecule has 1 atom stereocenters. The van der Waals surface area contributed by atoms with Crippen LogP contribution >= 0.6 is 11.8 Å². The number of carbonyl (C=O) groups excluding carboxylic acids is 1. The van der Waals surface area contributed by atoms with E-state index in [1.165, 1.54) is 11.1 Å². The molecule has 0 spiro atoms. The Morgan fingerprint density at radius 3 is 2.59 bits per heavy atom. The summed E-state index contributed by atoms with van der Waals surface area (Å²) in [4.78, 5) is 11.9. The molecule has 7 heteroatoms. The van der Waals surface area contributed by atoms with E-state index in [2.05, 4.69) is 24.4 Å². The van der Waals surface area contributed by atoms with Gasteiger partial charge in [-0.3, -0.25) is 4.79 Å². The fourth-order valence-corrected chi connectivity index (χ4v) is 6.70. The van der Waals surface area contributed by atoms with Crippen molar-refractivity contribution in [1.82, 2.24) is 4.31 Å². The van der Waals surface area contributed by atoms with Crippen LogP contribution in [-0.4, -0.2) is 37.5 Å². The minimum Gasteiger partial charge on any atom is -0.326 e. The minimum atomic E-state index is -3.58. The van der Waals surface area contributed by atoms with Gasteiger partial charge < -0.3 is 5.32 Å². The molecule has 29 heavy (non-hydrogen) atoms. The molecule has 1 N–H and O–H groups in total. The smallest absolute Gasteiger partial charge is 0.243 e. The Bertz CT molecular complexity index is 989. The number of nitrogens with one attached hydrogen (secondary N) is 1. The molecule has 0 bridgehead atoms. The molecule has 2 aromatic carbocycles. The number of amides is 1. The number of rotatable bonds is 5. The summed E-state index contributed by atoms with van der Waals surface area (Å²) in [5.41, 5.74) is 3.82. The third kappa shape index (κ3) is 5.02. The number of anilines is 1. The largest absolute Gasteiger partial charge is 0.326 e. The van der Waals surface area contributed by atoms with E-state index in [4.69, 9.17) is 0 Å². The lowest BCUT2D eigenvalue weighted by molar-refractivity contribution is -0.115. The van der Waals surface area contributed by atoms with Gasteiger partial charge in [0.1, 0.15) is 0 Å². The molecular formula is C22H28N2O3S2. The van der Waals surface area contributed by atoms with Gasteiger partial charge in [0.15, 0.2) is 0 Å². The number of hydrogen-bond acceptors (Lipinski definition) is 4. The maximum Gasteiger partial charge on any atom is 0.243 e. The molecule has 1 heterocycles. The van der Waals surface area contributed by atoms with E-state index >= 15 is 0 Å². The number of benzene rings is 2. The molecule has 3 rings (SSSR count). The number of thioether (sulfide) groups is 1. The number of sulfonamides is 1. The van der Waals surface area contributed by atoms with Crippen molar-refractivity contribution < 1.29 is 13.2 Å². The van der Waals surface area contributed by atoms with Gasteiger partial charge in [0.05, 0.1) is 4.90 Å². The lowest BCUT2D eigenvalue weighted by Crippen LogP contribution is -2.33. The zero-order valence-corrected chi connectivity index (χ0v) is 18.8. The maximum absolute atomic E-state index is 13.3. The van der Waals surface area contributed by atoms with Gasteiger partial charge in [-0.05, 0) is 55.2 Å². The van der Waals surface area contributed by atoms with Crippen LogP contribution in [-0.2, 0) is 14.8 Å². The Kier molecular flexibility index (Phi) is 7.03. The summed E-state index contributed by atoms with van der Waals surface area (Å²) >= 11 is 1.83. The fraction of sp³-hybridized carbons (Fsp3) is 0.409. The highest BCUT2D eigenvalue weighted by Gasteiger charge is 2.29. The highest BCUT2D eigenvalue weighted by molar-refractivity contribution is 7.99. The lowest BCUT2D eigenvalue weighted by Gasteiger charge is -2.21. The molecule has 1 saturated heterocycles. The van der Waals surface area contributed by atoms with Crippen LogP contribution in [0.3, 0.4) is 0 Å². The topological polar surface area (TPSA) is 66.5 Å². The molecule has 1 fully saturated rings. The van der Waals surface area contributed by atoms with Gasteiger partial charge in [-0.2, -0.15) is 16.1 Å². The summed E-state index contributed by atoms with van der Waals surface area (Å²) < 4.78 is 28.2. The molecular weight excluding hydrogens is 404 g/mol. The van der Waals surface area contributed by atoms with Crippen LogP contribution in [0.2, 0.25) is 0 Å². The average molecular weight is 433 g/mol. The van der Waals surface area contributed by atoms with Crippen molar-refractivity contribution in [2.45, 2.75) is 43.8 Å². The minimum absolute atomic E-state index is 0.0909. The van der Waals surface area contributed by atoms with E-state index < -0.39 is 10.0 Å². The summed E-state index contributed by atoms with van der Waals surface area (Å²) in [6.07, 6.45) is 1.17. The normalized spacial score (nSPS) is 18.2. The molecule has 2 aromatic rings. The molecule has 0 saturated carbocycles. The molecule has 156 valence electrons. The van der Waals surface area contributed by atoms with E-state index in [-0.39, 0.29) is 5.91 Å². The molecule has 1 aliphatic rings. The standard InChI is InChI=1S/C22H28N2O3S2/c1-4-22(25)23-18-9-10-21(17(3)15-18)29(26,27)24-12-11-20(28-14-13-24)19-8-6-5-7-16(19)2/h5-10,15,20H,4,11-14H2,1-3H3,(H,23,25)/t20-/m1/s1. The number of carbonyl (C=O) groups is 1. The van der Waals surface area contributed by atoms with Crippen LogP contribution in [0.1, 0.15) is 41.7 Å². The zero-order valence-electron chi connectivity index (χ0n) is 17.1. The van der Waals surface area contributed by atoms with Crippen molar-refractivity contribution in [1.29, 1.82) is 0 Å². The van der Waals surface area contributed by atoms with Gasteiger partial charge in [0.2, 0.25) is 15.9 Å². The summed E-state index contributed by atoms with van der Waals surface area (Å²) in [7, 11) is -3.58. The van der Waals surface area contributed by atoms with E-state index in [0.717, 1.165) is 12.2 Å². The Hall–Kier alpha value is -1.83. The predicted octanol–water partition coefficient (Wildman–Crippen LogP) is 4.52. The van der Waals surface area contributed by atoms with Gasteiger partial charge in [-0.15, -0.1) is 0 Å². The van der Waals surface area contributed by atoms with Crippen molar-refractivity contribution in [3.8, 4) is 0 Å². The maximum atomic E-state index is 13.3. The Balaban J connectivity index is 1.78. The van der Waals surface area contributed by atoms with Crippen LogP contribution in [0.4, 0.5) is 5.69 Å². The molecule has 0 aromatic heterocycles. The van der Waals surface area contributed by atoms with E-state index in [1.807, 2.05) is 23.9 Å². The summed E-state index contributed by atoms with van der Waals surface area (Å²) in [5.74, 6) is 0.675. The average Bonchev–Trinajstić information content (AvgIpc) is 2.95. The Morgan fingerprint density at radius 1 is 1.14 bits per heavy atom. The summed E-state index contributed by atoms with van der Waals surface area (Å²) in [5, 5.41) is 3.09. The van der Waals surface area contributed by atoms with Gasteiger partial charge >= 0.3 is 0 Å². The van der Waals surface area contributed by atoms with Crippen molar-refractivity contribution in [2.24, 2.45) is 0 Å². The number of aryl methyl sites for hydroxylation is 2. The van der Waals surface area contributed by atoms with Crippen molar-refractivity contribution in [3.63, 3.8) is 0 Å². The predicted molar refractivity (Wildman–Crippen MR) is 120 cm³/mol. The van der Waals surface area contributed by atoms with Crippen molar-refractivity contribution in [2.75, 3.05) is 24.2 Å². The van der Waals surface area contributed by atoms with Crippen LogP contribution in [0.5, 0.6) is 0 Å².